The molecule has 1 N–H and O–H groups in total. The Morgan fingerprint density at radius 3 is 2.12 bits per heavy atom. The summed E-state index contributed by atoms with van der Waals surface area (Å²) in [5.41, 5.74) is -0.694. The van der Waals surface area contributed by atoms with Crippen LogP contribution in [-0.2, 0) is 19.6 Å². The van der Waals surface area contributed by atoms with Crippen LogP contribution in [0.4, 0.5) is 19.1 Å². The van der Waals surface area contributed by atoms with Gasteiger partial charge in [0, 0.05) is 57.1 Å². The third kappa shape index (κ3) is 4.83. The second-order valence-electron chi connectivity index (χ2n) is 8.87. The summed E-state index contributed by atoms with van der Waals surface area (Å²) in [5.74, 6) is -1.88. The summed E-state index contributed by atoms with van der Waals surface area (Å²) in [6.45, 7) is 5.78. The van der Waals surface area contributed by atoms with E-state index in [0.717, 1.165) is 13.0 Å². The smallest absolute Gasteiger partial charge is 0.475 e. The molecule has 3 fully saturated rings. The monoisotopic (exact) mass is 507 g/mol. The van der Waals surface area contributed by atoms with Gasteiger partial charge in [0.1, 0.15) is 0 Å². The van der Waals surface area contributed by atoms with Crippen LogP contribution < -0.4 is 4.90 Å². The molecule has 0 saturated carbocycles. The van der Waals surface area contributed by atoms with E-state index in [9.17, 15) is 26.4 Å². The maximum atomic E-state index is 13.4. The van der Waals surface area contributed by atoms with Crippen molar-refractivity contribution in [3.8, 4) is 0 Å². The molecule has 3 aliphatic heterocycles. The minimum Gasteiger partial charge on any atom is -0.475 e. The van der Waals surface area contributed by atoms with E-state index < -0.39 is 27.6 Å². The van der Waals surface area contributed by atoms with Crippen LogP contribution in [0.5, 0.6) is 0 Å². The van der Waals surface area contributed by atoms with E-state index >= 15 is 0 Å². The lowest BCUT2D eigenvalue weighted by molar-refractivity contribution is -0.192. The highest BCUT2D eigenvalue weighted by Gasteiger charge is 2.65. The SMILES string of the molecule is CCN1CCC2(CN(c3ncccn3)CC23CCN(S(C)(=O)=O)CC3)C1=O.O=C(O)C(F)(F)F. The molecule has 4 rings (SSSR count). The van der Waals surface area contributed by atoms with Gasteiger partial charge in [-0.1, -0.05) is 0 Å². The number of aliphatic carboxylic acids is 1. The molecular formula is C20H28F3N5O5S. The van der Waals surface area contributed by atoms with Crippen LogP contribution in [-0.4, -0.2) is 96.3 Å². The van der Waals surface area contributed by atoms with Gasteiger partial charge in [-0.2, -0.15) is 13.2 Å². The average molecular weight is 508 g/mol. The second-order valence-corrected chi connectivity index (χ2v) is 10.8. The fourth-order valence-corrected chi connectivity index (χ4v) is 6.17. The normalized spacial score (nSPS) is 25.0. The summed E-state index contributed by atoms with van der Waals surface area (Å²) < 4.78 is 57.2. The van der Waals surface area contributed by atoms with Crippen LogP contribution in [0.2, 0.25) is 0 Å². The maximum absolute atomic E-state index is 13.4. The molecule has 1 atom stereocenters. The predicted octanol–water partition coefficient (Wildman–Crippen LogP) is 1.21. The molecule has 0 aromatic carbocycles. The molecule has 14 heteroatoms. The Morgan fingerprint density at radius 2 is 1.68 bits per heavy atom. The third-order valence-electron chi connectivity index (χ3n) is 7.08. The number of carboxylic acid groups (broad SMARTS) is 1. The van der Waals surface area contributed by atoms with Gasteiger partial charge in [-0.15, -0.1) is 0 Å². The molecule has 190 valence electrons. The number of likely N-dealkylation sites (tertiary alicyclic amines) is 1. The zero-order valence-electron chi connectivity index (χ0n) is 19.0. The number of nitrogens with zero attached hydrogens (tertiary/aromatic N) is 5. The third-order valence-corrected chi connectivity index (χ3v) is 8.39. The Kier molecular flexibility index (Phi) is 7.14. The lowest BCUT2D eigenvalue weighted by atomic mass is 9.60. The first-order valence-corrected chi connectivity index (χ1v) is 12.7. The lowest BCUT2D eigenvalue weighted by Gasteiger charge is -2.46. The fourth-order valence-electron chi connectivity index (χ4n) is 5.32. The summed E-state index contributed by atoms with van der Waals surface area (Å²) >= 11 is 0. The minimum atomic E-state index is -5.08. The first-order chi connectivity index (χ1) is 15.8. The van der Waals surface area contributed by atoms with Crippen molar-refractivity contribution >= 4 is 27.8 Å². The van der Waals surface area contributed by atoms with Crippen molar-refractivity contribution in [3.05, 3.63) is 18.5 Å². The summed E-state index contributed by atoms with van der Waals surface area (Å²) in [5, 5.41) is 7.12. The number of carbonyl (C=O) groups excluding carboxylic acids is 1. The fraction of sp³-hybridized carbons (Fsp3) is 0.700. The molecule has 4 heterocycles. The summed E-state index contributed by atoms with van der Waals surface area (Å²) in [7, 11) is -3.20. The van der Waals surface area contributed by atoms with E-state index in [1.54, 1.807) is 22.8 Å². The van der Waals surface area contributed by atoms with Crippen LogP contribution in [0.25, 0.3) is 0 Å². The topological polar surface area (TPSA) is 124 Å². The summed E-state index contributed by atoms with van der Waals surface area (Å²) in [6, 6.07) is 1.79. The van der Waals surface area contributed by atoms with E-state index in [-0.39, 0.29) is 11.3 Å². The van der Waals surface area contributed by atoms with Gasteiger partial charge in [0.05, 0.1) is 11.7 Å². The van der Waals surface area contributed by atoms with Gasteiger partial charge in [0.25, 0.3) is 0 Å². The Balaban J connectivity index is 0.000000406. The van der Waals surface area contributed by atoms with Crippen molar-refractivity contribution in [1.82, 2.24) is 19.2 Å². The second kappa shape index (κ2) is 9.29. The first kappa shape index (κ1) is 26.1. The molecule has 34 heavy (non-hydrogen) atoms. The van der Waals surface area contributed by atoms with E-state index in [2.05, 4.69) is 14.9 Å². The molecule has 0 radical (unpaired) electrons. The highest BCUT2D eigenvalue weighted by Crippen LogP contribution is 2.58. The molecule has 1 aromatic rings. The molecule has 10 nitrogen and oxygen atoms in total. The zero-order chi connectivity index (χ0) is 25.4. The van der Waals surface area contributed by atoms with Gasteiger partial charge in [-0.25, -0.2) is 27.5 Å². The van der Waals surface area contributed by atoms with Crippen molar-refractivity contribution in [3.63, 3.8) is 0 Å². The highest BCUT2D eigenvalue weighted by atomic mass is 32.2. The van der Waals surface area contributed by atoms with Crippen LogP contribution in [0.3, 0.4) is 0 Å². The number of sulfonamides is 1. The number of hydrogen-bond acceptors (Lipinski definition) is 7. The van der Waals surface area contributed by atoms with Crippen molar-refractivity contribution in [2.24, 2.45) is 10.8 Å². The van der Waals surface area contributed by atoms with Crippen molar-refractivity contribution in [2.45, 2.75) is 32.4 Å². The van der Waals surface area contributed by atoms with Gasteiger partial charge in [0.2, 0.25) is 21.9 Å². The van der Waals surface area contributed by atoms with Gasteiger partial charge in [-0.3, -0.25) is 4.79 Å². The van der Waals surface area contributed by atoms with E-state index in [4.69, 9.17) is 9.90 Å². The average Bonchev–Trinajstić information content (AvgIpc) is 3.26. The number of aromatic nitrogens is 2. The van der Waals surface area contributed by atoms with Crippen molar-refractivity contribution in [2.75, 3.05) is 50.4 Å². The first-order valence-electron chi connectivity index (χ1n) is 10.8. The number of halogens is 3. The number of alkyl halides is 3. The van der Waals surface area contributed by atoms with Gasteiger partial charge >= 0.3 is 12.1 Å². The molecule has 2 spiro atoms. The Morgan fingerprint density at radius 1 is 1.12 bits per heavy atom. The molecular weight excluding hydrogens is 479 g/mol. The minimum absolute atomic E-state index is 0.219. The molecule has 1 amide bonds. The Bertz CT molecular complexity index is 1020. The number of hydrogen-bond donors (Lipinski definition) is 1. The Labute approximate surface area is 195 Å². The number of carbonyl (C=O) groups is 2. The quantitative estimate of drug-likeness (QED) is 0.648. The van der Waals surface area contributed by atoms with Gasteiger partial charge in [0.15, 0.2) is 0 Å². The summed E-state index contributed by atoms with van der Waals surface area (Å²) in [4.78, 5) is 35.2. The molecule has 0 aliphatic carbocycles. The van der Waals surface area contributed by atoms with Crippen LogP contribution in [0.1, 0.15) is 26.2 Å². The van der Waals surface area contributed by atoms with Gasteiger partial charge < -0.3 is 14.9 Å². The van der Waals surface area contributed by atoms with Crippen LogP contribution >= 0.6 is 0 Å². The molecule has 1 unspecified atom stereocenters. The number of piperidine rings is 1. The molecule has 3 saturated heterocycles. The van der Waals surface area contributed by atoms with E-state index in [0.29, 0.717) is 51.5 Å². The zero-order valence-corrected chi connectivity index (χ0v) is 19.8. The standard InChI is InChI=1S/C18H27N5O3S.C2HF3O2/c1-3-21-10-7-18(15(21)24)14-22(16-19-8-4-9-20-16)13-17(18)5-11-23(12-6-17)27(2,25)26;3-2(4,5)1(6)7/h4,8-9H,3,5-7,10-14H2,1-2H3;(H,6,7). The van der Waals surface area contributed by atoms with Crippen molar-refractivity contribution < 1.29 is 36.3 Å². The van der Waals surface area contributed by atoms with Crippen LogP contribution in [0, 0.1) is 10.8 Å². The lowest BCUT2D eigenvalue weighted by Crippen LogP contribution is -2.53. The van der Waals surface area contributed by atoms with Crippen molar-refractivity contribution in [1.29, 1.82) is 0 Å². The van der Waals surface area contributed by atoms with E-state index in [1.807, 2.05) is 11.8 Å². The molecule has 1 aromatic heterocycles. The highest BCUT2D eigenvalue weighted by molar-refractivity contribution is 7.88. The van der Waals surface area contributed by atoms with Gasteiger partial charge in [-0.05, 0) is 32.3 Å². The number of amides is 1. The number of anilines is 1. The predicted molar refractivity (Wildman–Crippen MR) is 115 cm³/mol. The Hall–Kier alpha value is -2.48. The number of carboxylic acids is 1. The molecule has 3 aliphatic rings. The largest absolute Gasteiger partial charge is 0.490 e. The summed E-state index contributed by atoms with van der Waals surface area (Å²) in [6.07, 6.45) is 1.85. The number of rotatable bonds is 3. The van der Waals surface area contributed by atoms with Crippen LogP contribution in [0.15, 0.2) is 18.5 Å². The maximum Gasteiger partial charge on any atom is 0.490 e. The van der Waals surface area contributed by atoms with E-state index in [1.165, 1.54) is 6.26 Å². The molecule has 0 bridgehead atoms. The number of fused-ring (bicyclic) bond motifs is 1.